The fourth-order valence-corrected chi connectivity index (χ4v) is 2.06. The number of rotatable bonds is 4. The number of aromatic nitrogens is 2. The van der Waals surface area contributed by atoms with E-state index in [4.69, 9.17) is 5.11 Å². The van der Waals surface area contributed by atoms with Crippen LogP contribution in [-0.2, 0) is 4.79 Å². The third-order valence-electron chi connectivity index (χ3n) is 3.33. The zero-order valence-electron chi connectivity index (χ0n) is 12.5. The van der Waals surface area contributed by atoms with Gasteiger partial charge in [-0.25, -0.2) is 9.78 Å². The Kier molecular flexibility index (Phi) is 4.25. The molecule has 2 rings (SSSR count). The number of carbonyl (C=O) groups excluding carboxylic acids is 1. The molecular formula is C15H17N3O4. The lowest BCUT2D eigenvalue weighted by atomic mass is 10.0. The molecule has 1 atom stereocenters. The molecule has 0 aliphatic rings. The van der Waals surface area contributed by atoms with Crippen LogP contribution in [0.4, 0.5) is 0 Å². The maximum atomic E-state index is 12.3. The van der Waals surface area contributed by atoms with E-state index in [9.17, 15) is 14.4 Å². The SMILES string of the molecule is Cc1ccn2c(=O)c(C(=O)N[C@@H](C(=O)O)C(C)C)cnc2c1. The smallest absolute Gasteiger partial charge is 0.326 e. The van der Waals surface area contributed by atoms with Gasteiger partial charge in [0.25, 0.3) is 11.5 Å². The van der Waals surface area contributed by atoms with E-state index in [-0.39, 0.29) is 11.5 Å². The van der Waals surface area contributed by atoms with Crippen LogP contribution in [0.25, 0.3) is 5.65 Å². The average molecular weight is 303 g/mol. The summed E-state index contributed by atoms with van der Waals surface area (Å²) < 4.78 is 1.26. The minimum Gasteiger partial charge on any atom is -0.480 e. The highest BCUT2D eigenvalue weighted by atomic mass is 16.4. The fourth-order valence-electron chi connectivity index (χ4n) is 2.06. The van der Waals surface area contributed by atoms with Gasteiger partial charge < -0.3 is 10.4 Å². The Balaban J connectivity index is 2.40. The molecule has 0 saturated heterocycles. The second-order valence-electron chi connectivity index (χ2n) is 5.44. The first kappa shape index (κ1) is 15.7. The van der Waals surface area contributed by atoms with Crippen molar-refractivity contribution in [3.63, 3.8) is 0 Å². The number of nitrogens with zero attached hydrogens (tertiary/aromatic N) is 2. The van der Waals surface area contributed by atoms with Gasteiger partial charge in [0.05, 0.1) is 0 Å². The summed E-state index contributed by atoms with van der Waals surface area (Å²) in [6.07, 6.45) is 2.71. The van der Waals surface area contributed by atoms with Crippen LogP contribution in [0.2, 0.25) is 0 Å². The number of hydrogen-bond acceptors (Lipinski definition) is 4. The Bertz CT molecular complexity index is 795. The van der Waals surface area contributed by atoms with Crippen molar-refractivity contribution < 1.29 is 14.7 Å². The third kappa shape index (κ3) is 2.98. The average Bonchev–Trinajstić information content (AvgIpc) is 2.43. The van der Waals surface area contributed by atoms with Gasteiger partial charge in [-0.1, -0.05) is 13.8 Å². The molecule has 2 N–H and O–H groups in total. The van der Waals surface area contributed by atoms with Crippen molar-refractivity contribution in [2.45, 2.75) is 26.8 Å². The van der Waals surface area contributed by atoms with Gasteiger partial charge >= 0.3 is 5.97 Å². The van der Waals surface area contributed by atoms with Crippen molar-refractivity contribution in [1.29, 1.82) is 0 Å². The van der Waals surface area contributed by atoms with Crippen LogP contribution in [-0.4, -0.2) is 32.4 Å². The third-order valence-corrected chi connectivity index (χ3v) is 3.33. The quantitative estimate of drug-likeness (QED) is 0.871. The molecule has 2 heterocycles. The number of carbonyl (C=O) groups is 2. The second kappa shape index (κ2) is 5.97. The summed E-state index contributed by atoms with van der Waals surface area (Å²) in [4.78, 5) is 39.7. The molecule has 0 aliphatic carbocycles. The summed E-state index contributed by atoms with van der Waals surface area (Å²) in [5.74, 6) is -2.19. The maximum absolute atomic E-state index is 12.3. The van der Waals surface area contributed by atoms with Crippen molar-refractivity contribution in [3.8, 4) is 0 Å². The summed E-state index contributed by atoms with van der Waals surface area (Å²) in [6.45, 7) is 5.22. The molecule has 0 bridgehead atoms. The fraction of sp³-hybridized carbons (Fsp3) is 0.333. The summed E-state index contributed by atoms with van der Waals surface area (Å²) >= 11 is 0. The van der Waals surface area contributed by atoms with Gasteiger partial charge in [0.1, 0.15) is 17.3 Å². The molecule has 7 nitrogen and oxygen atoms in total. The van der Waals surface area contributed by atoms with Crippen LogP contribution in [0.5, 0.6) is 0 Å². The van der Waals surface area contributed by atoms with Gasteiger partial charge in [0.2, 0.25) is 0 Å². The van der Waals surface area contributed by atoms with E-state index in [1.165, 1.54) is 16.8 Å². The first-order chi connectivity index (χ1) is 10.3. The molecule has 7 heteroatoms. The zero-order chi connectivity index (χ0) is 16.4. The number of nitrogens with one attached hydrogen (secondary N) is 1. The van der Waals surface area contributed by atoms with E-state index >= 15 is 0 Å². The minimum absolute atomic E-state index is 0.187. The normalized spacial score (nSPS) is 12.4. The maximum Gasteiger partial charge on any atom is 0.326 e. The predicted octanol–water partition coefficient (Wildman–Crippen LogP) is 0.842. The van der Waals surface area contributed by atoms with E-state index in [0.717, 1.165) is 5.56 Å². The summed E-state index contributed by atoms with van der Waals surface area (Å²) in [7, 11) is 0. The predicted molar refractivity (Wildman–Crippen MR) is 79.9 cm³/mol. The molecule has 1 amide bonds. The molecule has 2 aromatic heterocycles. The molecule has 0 saturated carbocycles. The lowest BCUT2D eigenvalue weighted by Gasteiger charge is -2.17. The molecule has 0 radical (unpaired) electrons. The van der Waals surface area contributed by atoms with Crippen LogP contribution >= 0.6 is 0 Å². The van der Waals surface area contributed by atoms with Gasteiger partial charge in [-0.15, -0.1) is 0 Å². The lowest BCUT2D eigenvalue weighted by molar-refractivity contribution is -0.140. The van der Waals surface area contributed by atoms with E-state index in [1.54, 1.807) is 26.0 Å². The van der Waals surface area contributed by atoms with Crippen LogP contribution in [0.3, 0.4) is 0 Å². The number of pyridine rings is 1. The molecule has 0 aliphatic heterocycles. The molecule has 22 heavy (non-hydrogen) atoms. The second-order valence-corrected chi connectivity index (χ2v) is 5.44. The molecule has 0 aromatic carbocycles. The zero-order valence-corrected chi connectivity index (χ0v) is 12.5. The van der Waals surface area contributed by atoms with Gasteiger partial charge in [-0.3, -0.25) is 14.0 Å². The topological polar surface area (TPSA) is 101 Å². The number of amides is 1. The van der Waals surface area contributed by atoms with E-state index < -0.39 is 23.5 Å². The molecule has 0 unspecified atom stereocenters. The highest BCUT2D eigenvalue weighted by Gasteiger charge is 2.25. The lowest BCUT2D eigenvalue weighted by Crippen LogP contribution is -2.45. The van der Waals surface area contributed by atoms with Crippen LogP contribution < -0.4 is 10.9 Å². The minimum atomic E-state index is -1.15. The molecule has 0 spiro atoms. The highest BCUT2D eigenvalue weighted by Crippen LogP contribution is 2.05. The molecule has 0 fully saturated rings. The van der Waals surface area contributed by atoms with Crippen LogP contribution in [0.1, 0.15) is 29.8 Å². The van der Waals surface area contributed by atoms with Crippen molar-refractivity contribution in [2.24, 2.45) is 5.92 Å². The van der Waals surface area contributed by atoms with Crippen molar-refractivity contribution >= 4 is 17.5 Å². The van der Waals surface area contributed by atoms with Gasteiger partial charge in [-0.2, -0.15) is 0 Å². The number of fused-ring (bicyclic) bond motifs is 1. The molecule has 116 valence electrons. The van der Waals surface area contributed by atoms with Crippen LogP contribution in [0.15, 0.2) is 29.3 Å². The van der Waals surface area contributed by atoms with E-state index in [1.807, 2.05) is 6.92 Å². The number of hydrogen-bond donors (Lipinski definition) is 2. The number of aliphatic carboxylic acids is 1. The largest absolute Gasteiger partial charge is 0.480 e. The number of carboxylic acids is 1. The van der Waals surface area contributed by atoms with E-state index in [2.05, 4.69) is 10.3 Å². The summed E-state index contributed by atoms with van der Waals surface area (Å²) in [6, 6.07) is 2.38. The standard InChI is InChI=1S/C15H17N3O4/c1-8(2)12(15(21)22)17-13(19)10-7-16-11-6-9(3)4-5-18(11)14(10)20/h4-8,12H,1-3H3,(H,17,19)(H,21,22)/t12-/m1/s1. The Morgan fingerprint density at radius 1 is 1.36 bits per heavy atom. The number of carboxylic acid groups (broad SMARTS) is 1. The molecule has 2 aromatic rings. The van der Waals surface area contributed by atoms with Gasteiger partial charge in [0.15, 0.2) is 0 Å². The Labute approximate surface area is 126 Å². The van der Waals surface area contributed by atoms with Gasteiger partial charge in [0, 0.05) is 12.4 Å². The Hall–Kier alpha value is -2.70. The van der Waals surface area contributed by atoms with Crippen LogP contribution in [0, 0.1) is 12.8 Å². The van der Waals surface area contributed by atoms with Crippen molar-refractivity contribution in [2.75, 3.05) is 0 Å². The monoisotopic (exact) mass is 303 g/mol. The summed E-state index contributed by atoms with van der Waals surface area (Å²) in [5.41, 5.74) is 0.652. The van der Waals surface area contributed by atoms with Crippen molar-refractivity contribution in [3.05, 3.63) is 46.0 Å². The first-order valence-electron chi connectivity index (χ1n) is 6.83. The Morgan fingerprint density at radius 3 is 2.64 bits per heavy atom. The first-order valence-corrected chi connectivity index (χ1v) is 6.83. The van der Waals surface area contributed by atoms with E-state index in [0.29, 0.717) is 5.65 Å². The summed E-state index contributed by atoms with van der Waals surface area (Å²) in [5, 5.41) is 11.5. The van der Waals surface area contributed by atoms with Gasteiger partial charge in [-0.05, 0) is 30.5 Å². The number of aryl methyl sites for hydroxylation is 1. The Morgan fingerprint density at radius 2 is 2.05 bits per heavy atom. The molecular weight excluding hydrogens is 286 g/mol. The highest BCUT2D eigenvalue weighted by molar-refractivity contribution is 5.96. The van der Waals surface area contributed by atoms with Crippen molar-refractivity contribution in [1.82, 2.24) is 14.7 Å².